The zero-order valence-electron chi connectivity index (χ0n) is 12.4. The zero-order valence-corrected chi connectivity index (χ0v) is 12.4. The number of carbonyl (C=O) groups excluding carboxylic acids is 1. The van der Waals surface area contributed by atoms with Crippen molar-refractivity contribution < 1.29 is 13.9 Å². The standard InChI is InChI=1S/C18H15FN2O2/c19-14-6-4-13(5-7-14)10-18(8-9-18)23-17(22)16-3-1-2-15-11-20-12-21(15)16/h1-7,11-12H,8-10H2. The van der Waals surface area contributed by atoms with Crippen LogP contribution in [0.4, 0.5) is 4.39 Å². The summed E-state index contributed by atoms with van der Waals surface area (Å²) in [6, 6.07) is 11.8. The summed E-state index contributed by atoms with van der Waals surface area (Å²) in [4.78, 5) is 16.6. The number of imidazole rings is 1. The number of rotatable bonds is 4. The normalized spacial score (nSPS) is 15.5. The van der Waals surface area contributed by atoms with Gasteiger partial charge in [0.05, 0.1) is 18.0 Å². The van der Waals surface area contributed by atoms with Gasteiger partial charge in [0.25, 0.3) is 0 Å². The number of nitrogens with zero attached hydrogens (tertiary/aromatic N) is 2. The Morgan fingerprint density at radius 2 is 2.00 bits per heavy atom. The molecule has 2 aromatic heterocycles. The highest BCUT2D eigenvalue weighted by Crippen LogP contribution is 2.43. The summed E-state index contributed by atoms with van der Waals surface area (Å²) in [5, 5.41) is 0. The zero-order chi connectivity index (χ0) is 15.9. The molecule has 0 aliphatic heterocycles. The summed E-state index contributed by atoms with van der Waals surface area (Å²) < 4.78 is 20.5. The molecular formula is C18H15FN2O2. The summed E-state index contributed by atoms with van der Waals surface area (Å²) in [5.74, 6) is -0.615. The maximum Gasteiger partial charge on any atom is 0.355 e. The van der Waals surface area contributed by atoms with Gasteiger partial charge in [-0.2, -0.15) is 0 Å². The van der Waals surface area contributed by atoms with E-state index < -0.39 is 5.60 Å². The van der Waals surface area contributed by atoms with Gasteiger partial charge in [0, 0.05) is 6.42 Å². The van der Waals surface area contributed by atoms with Crippen molar-refractivity contribution in [2.75, 3.05) is 0 Å². The predicted molar refractivity (Wildman–Crippen MR) is 82.7 cm³/mol. The van der Waals surface area contributed by atoms with E-state index in [1.807, 2.05) is 12.1 Å². The van der Waals surface area contributed by atoms with Crippen molar-refractivity contribution in [3.05, 3.63) is 72.1 Å². The lowest BCUT2D eigenvalue weighted by Crippen LogP contribution is -2.23. The summed E-state index contributed by atoms with van der Waals surface area (Å²) >= 11 is 0. The van der Waals surface area contributed by atoms with Crippen molar-refractivity contribution in [2.45, 2.75) is 24.9 Å². The molecule has 0 bridgehead atoms. The largest absolute Gasteiger partial charge is 0.454 e. The number of aromatic nitrogens is 2. The van der Waals surface area contributed by atoms with Crippen molar-refractivity contribution in [3.8, 4) is 0 Å². The average molecular weight is 310 g/mol. The molecular weight excluding hydrogens is 295 g/mol. The summed E-state index contributed by atoms with van der Waals surface area (Å²) in [5.41, 5.74) is 1.82. The molecule has 0 unspecified atom stereocenters. The quantitative estimate of drug-likeness (QED) is 0.694. The molecule has 1 aromatic carbocycles. The maximum atomic E-state index is 13.0. The Bertz CT molecular complexity index is 866. The van der Waals surface area contributed by atoms with E-state index in [9.17, 15) is 9.18 Å². The van der Waals surface area contributed by atoms with Crippen molar-refractivity contribution in [3.63, 3.8) is 0 Å². The van der Waals surface area contributed by atoms with Crippen LogP contribution in [0.1, 0.15) is 28.9 Å². The van der Waals surface area contributed by atoms with Gasteiger partial charge in [-0.3, -0.25) is 4.40 Å². The SMILES string of the molecule is O=C(OC1(Cc2ccc(F)cc2)CC1)c1cccc2cncn12. The number of hydrogen-bond donors (Lipinski definition) is 0. The van der Waals surface area contributed by atoms with E-state index in [-0.39, 0.29) is 11.8 Å². The third-order valence-electron chi connectivity index (χ3n) is 4.21. The van der Waals surface area contributed by atoms with E-state index in [0.717, 1.165) is 23.9 Å². The van der Waals surface area contributed by atoms with Crippen LogP contribution in [0.25, 0.3) is 5.52 Å². The van der Waals surface area contributed by atoms with Gasteiger partial charge in [-0.1, -0.05) is 18.2 Å². The molecule has 5 heteroatoms. The third-order valence-corrected chi connectivity index (χ3v) is 4.21. The van der Waals surface area contributed by atoms with Crippen molar-refractivity contribution in [1.29, 1.82) is 0 Å². The second kappa shape index (κ2) is 5.19. The first-order valence-electron chi connectivity index (χ1n) is 7.54. The van der Waals surface area contributed by atoms with Crippen LogP contribution in [0, 0.1) is 5.82 Å². The molecule has 0 N–H and O–H groups in total. The lowest BCUT2D eigenvalue weighted by Gasteiger charge is -2.17. The van der Waals surface area contributed by atoms with Crippen LogP contribution in [-0.4, -0.2) is 21.0 Å². The van der Waals surface area contributed by atoms with E-state index in [4.69, 9.17) is 4.74 Å². The van der Waals surface area contributed by atoms with Crippen molar-refractivity contribution >= 4 is 11.5 Å². The van der Waals surface area contributed by atoms with Crippen molar-refractivity contribution in [1.82, 2.24) is 9.38 Å². The molecule has 4 nitrogen and oxygen atoms in total. The van der Waals surface area contributed by atoms with Crippen LogP contribution in [0.2, 0.25) is 0 Å². The highest BCUT2D eigenvalue weighted by molar-refractivity contribution is 5.89. The Morgan fingerprint density at radius 1 is 1.22 bits per heavy atom. The molecule has 2 heterocycles. The van der Waals surface area contributed by atoms with E-state index in [0.29, 0.717) is 12.1 Å². The van der Waals surface area contributed by atoms with Crippen LogP contribution in [0.15, 0.2) is 55.0 Å². The van der Waals surface area contributed by atoms with Gasteiger partial charge in [-0.25, -0.2) is 14.2 Å². The number of benzene rings is 1. The minimum Gasteiger partial charge on any atom is -0.454 e. The highest BCUT2D eigenvalue weighted by Gasteiger charge is 2.47. The summed E-state index contributed by atoms with van der Waals surface area (Å²) in [6.45, 7) is 0. The van der Waals surface area contributed by atoms with Crippen LogP contribution in [0.3, 0.4) is 0 Å². The van der Waals surface area contributed by atoms with E-state index >= 15 is 0 Å². The molecule has 0 atom stereocenters. The molecule has 3 aromatic rings. The lowest BCUT2D eigenvalue weighted by atomic mass is 10.1. The van der Waals surface area contributed by atoms with Gasteiger partial charge in [0.1, 0.15) is 17.1 Å². The number of halogens is 1. The number of carbonyl (C=O) groups is 1. The molecule has 0 spiro atoms. The fourth-order valence-corrected chi connectivity index (χ4v) is 2.79. The second-order valence-corrected chi connectivity index (χ2v) is 5.98. The van der Waals surface area contributed by atoms with E-state index in [2.05, 4.69) is 4.98 Å². The van der Waals surface area contributed by atoms with Crippen LogP contribution >= 0.6 is 0 Å². The van der Waals surface area contributed by atoms with Gasteiger partial charge in [0.15, 0.2) is 0 Å². The maximum absolute atomic E-state index is 13.0. The minimum absolute atomic E-state index is 0.262. The summed E-state index contributed by atoms with van der Waals surface area (Å²) in [6.07, 6.45) is 5.57. The van der Waals surface area contributed by atoms with E-state index in [1.165, 1.54) is 12.1 Å². The fraction of sp³-hybridized carbons (Fsp3) is 0.222. The number of esters is 1. The molecule has 1 aliphatic rings. The third kappa shape index (κ3) is 2.70. The number of hydrogen-bond acceptors (Lipinski definition) is 3. The van der Waals surface area contributed by atoms with Crippen LogP contribution in [-0.2, 0) is 11.2 Å². The average Bonchev–Trinajstić information content (AvgIpc) is 3.11. The minimum atomic E-state index is -0.461. The first kappa shape index (κ1) is 13.9. The molecule has 0 amide bonds. The Balaban J connectivity index is 1.54. The molecule has 116 valence electrons. The monoisotopic (exact) mass is 310 g/mol. The fourth-order valence-electron chi connectivity index (χ4n) is 2.79. The molecule has 1 saturated carbocycles. The van der Waals surface area contributed by atoms with Gasteiger partial charge in [-0.05, 0) is 42.7 Å². The summed E-state index contributed by atoms with van der Waals surface area (Å²) in [7, 11) is 0. The number of ether oxygens (including phenoxy) is 1. The van der Waals surface area contributed by atoms with Gasteiger partial charge in [-0.15, -0.1) is 0 Å². The second-order valence-electron chi connectivity index (χ2n) is 5.98. The van der Waals surface area contributed by atoms with Crippen molar-refractivity contribution in [2.24, 2.45) is 0 Å². The van der Waals surface area contributed by atoms with Gasteiger partial charge in [0.2, 0.25) is 0 Å². The van der Waals surface area contributed by atoms with E-state index in [1.54, 1.807) is 35.1 Å². The molecule has 1 aliphatic carbocycles. The highest BCUT2D eigenvalue weighted by atomic mass is 19.1. The lowest BCUT2D eigenvalue weighted by molar-refractivity contribution is 0.0219. The Kier molecular flexibility index (Phi) is 3.15. The number of pyridine rings is 1. The predicted octanol–water partition coefficient (Wildman–Crippen LogP) is 3.41. The first-order chi connectivity index (χ1) is 11.2. The first-order valence-corrected chi connectivity index (χ1v) is 7.54. The molecule has 23 heavy (non-hydrogen) atoms. The van der Waals surface area contributed by atoms with Crippen LogP contribution in [0.5, 0.6) is 0 Å². The topological polar surface area (TPSA) is 43.6 Å². The Labute approximate surface area is 132 Å². The Morgan fingerprint density at radius 3 is 2.74 bits per heavy atom. The molecule has 0 saturated heterocycles. The number of fused-ring (bicyclic) bond motifs is 1. The molecule has 1 fully saturated rings. The van der Waals surface area contributed by atoms with Crippen LogP contribution < -0.4 is 0 Å². The van der Waals surface area contributed by atoms with Gasteiger partial charge < -0.3 is 4.74 Å². The smallest absolute Gasteiger partial charge is 0.355 e. The Hall–Kier alpha value is -2.69. The molecule has 0 radical (unpaired) electrons. The molecule has 4 rings (SSSR count). The van der Waals surface area contributed by atoms with Gasteiger partial charge >= 0.3 is 5.97 Å².